The van der Waals surface area contributed by atoms with Crippen LogP contribution in [0.2, 0.25) is 0 Å². The Balaban J connectivity index is 1.63. The number of aromatic nitrogens is 2. The highest BCUT2D eigenvalue weighted by molar-refractivity contribution is 6.01. The zero-order chi connectivity index (χ0) is 25.2. The number of carbonyl (C=O) groups is 2. The average Bonchev–Trinajstić information content (AvgIpc) is 3.22. The summed E-state index contributed by atoms with van der Waals surface area (Å²) in [6.45, 7) is 5.89. The molecule has 186 valence electrons. The Morgan fingerprint density at radius 3 is 2.57 bits per heavy atom. The van der Waals surface area contributed by atoms with Gasteiger partial charge >= 0.3 is 6.18 Å². The van der Waals surface area contributed by atoms with Crippen LogP contribution in [-0.2, 0) is 15.8 Å². The van der Waals surface area contributed by atoms with Crippen molar-refractivity contribution >= 4 is 35.0 Å². The van der Waals surface area contributed by atoms with Crippen molar-refractivity contribution in [1.29, 1.82) is 0 Å². The quantitative estimate of drug-likeness (QED) is 0.490. The van der Waals surface area contributed by atoms with Crippen LogP contribution < -0.4 is 16.0 Å². The Morgan fingerprint density at radius 2 is 1.97 bits per heavy atom. The van der Waals surface area contributed by atoms with E-state index in [-0.39, 0.29) is 23.6 Å². The minimum atomic E-state index is -4.70. The van der Waals surface area contributed by atoms with Crippen molar-refractivity contribution in [2.75, 3.05) is 29.0 Å². The number of benzene rings is 1. The van der Waals surface area contributed by atoms with Gasteiger partial charge in [-0.2, -0.15) is 18.2 Å². The van der Waals surface area contributed by atoms with E-state index < -0.39 is 23.5 Å². The first-order valence-corrected chi connectivity index (χ1v) is 11.4. The molecule has 1 aromatic heterocycles. The van der Waals surface area contributed by atoms with E-state index in [1.807, 2.05) is 6.07 Å². The first kappa shape index (κ1) is 24.5. The molecule has 0 radical (unpaired) electrons. The molecule has 8 nitrogen and oxygen atoms in total. The molecule has 1 aliphatic carbocycles. The van der Waals surface area contributed by atoms with Gasteiger partial charge in [0.05, 0.1) is 11.4 Å². The molecule has 11 heteroatoms. The topological polar surface area (TPSA) is 99.2 Å². The van der Waals surface area contributed by atoms with Crippen LogP contribution in [0.1, 0.15) is 49.7 Å². The molecule has 1 saturated carbocycles. The summed E-state index contributed by atoms with van der Waals surface area (Å²) in [5.74, 6) is -0.605. The fourth-order valence-corrected chi connectivity index (χ4v) is 4.18. The van der Waals surface area contributed by atoms with E-state index in [2.05, 4.69) is 32.5 Å². The van der Waals surface area contributed by atoms with E-state index in [9.17, 15) is 22.8 Å². The second-order valence-corrected chi connectivity index (χ2v) is 8.80. The Hall–Kier alpha value is -3.63. The monoisotopic (exact) mass is 488 g/mol. The maximum Gasteiger partial charge on any atom is 0.421 e. The molecule has 35 heavy (non-hydrogen) atoms. The van der Waals surface area contributed by atoms with Gasteiger partial charge in [0.2, 0.25) is 17.8 Å². The van der Waals surface area contributed by atoms with Crippen molar-refractivity contribution in [2.45, 2.75) is 50.7 Å². The molecule has 0 spiro atoms. The minimum absolute atomic E-state index is 0.0127. The normalized spacial score (nSPS) is 18.1. The second kappa shape index (κ2) is 9.93. The van der Waals surface area contributed by atoms with Crippen LogP contribution in [0, 0.1) is 0 Å². The Morgan fingerprint density at radius 1 is 1.20 bits per heavy atom. The standard InChI is InChI=1S/C24H27F3N6O2/c1-3-21(35)30-20-11-16(15-5-4-6-15)7-8-19(20)31-22-18(24(25,26)27)12-28-23(32-22)29-17-9-10-33(13-17)14(2)34/h3,7-8,11-12,15,17H,1,4-6,9-10,13H2,2H3,(H,30,35)(H2,28,29,31,32). The zero-order valence-corrected chi connectivity index (χ0v) is 19.3. The first-order chi connectivity index (χ1) is 16.6. The van der Waals surface area contributed by atoms with Crippen molar-refractivity contribution in [3.8, 4) is 0 Å². The number of rotatable bonds is 7. The van der Waals surface area contributed by atoms with Gasteiger partial charge in [-0.3, -0.25) is 9.59 Å². The van der Waals surface area contributed by atoms with Crippen molar-refractivity contribution < 1.29 is 22.8 Å². The third kappa shape index (κ3) is 5.72. The zero-order valence-electron chi connectivity index (χ0n) is 19.3. The number of amides is 2. The number of likely N-dealkylation sites (tertiary alicyclic amines) is 1. The van der Waals surface area contributed by atoms with Crippen LogP contribution >= 0.6 is 0 Å². The molecular weight excluding hydrogens is 461 g/mol. The number of alkyl halides is 3. The van der Waals surface area contributed by atoms with E-state index in [0.717, 1.165) is 37.1 Å². The molecule has 4 rings (SSSR count). The summed E-state index contributed by atoms with van der Waals surface area (Å²) in [4.78, 5) is 33.2. The number of nitrogens with zero attached hydrogens (tertiary/aromatic N) is 3. The fourth-order valence-electron chi connectivity index (χ4n) is 4.18. The lowest BCUT2D eigenvalue weighted by Crippen LogP contribution is -2.30. The SMILES string of the molecule is C=CC(=O)Nc1cc(C2CCC2)ccc1Nc1nc(NC2CCN(C(C)=O)C2)ncc1C(F)(F)F. The molecule has 2 aromatic rings. The van der Waals surface area contributed by atoms with E-state index in [1.54, 1.807) is 17.0 Å². The molecule has 1 saturated heterocycles. The van der Waals surface area contributed by atoms with Gasteiger partial charge in [-0.05, 0) is 49.0 Å². The van der Waals surface area contributed by atoms with E-state index in [1.165, 1.54) is 6.92 Å². The van der Waals surface area contributed by atoms with Crippen molar-refractivity contribution in [2.24, 2.45) is 0 Å². The van der Waals surface area contributed by atoms with Gasteiger partial charge in [0, 0.05) is 32.3 Å². The Bertz CT molecular complexity index is 1130. The van der Waals surface area contributed by atoms with Gasteiger partial charge in [0.1, 0.15) is 11.4 Å². The summed E-state index contributed by atoms with van der Waals surface area (Å²) >= 11 is 0. The molecule has 2 heterocycles. The Labute approximate surface area is 201 Å². The average molecular weight is 489 g/mol. The highest BCUT2D eigenvalue weighted by Crippen LogP contribution is 2.40. The number of carbonyl (C=O) groups excluding carboxylic acids is 2. The van der Waals surface area contributed by atoms with Crippen LogP contribution in [0.4, 0.5) is 36.3 Å². The van der Waals surface area contributed by atoms with Crippen LogP contribution in [0.25, 0.3) is 0 Å². The molecular formula is C24H27F3N6O2. The summed E-state index contributed by atoms with van der Waals surface area (Å²) in [5.41, 5.74) is 0.581. The molecule has 1 unspecified atom stereocenters. The van der Waals surface area contributed by atoms with Crippen LogP contribution in [-0.4, -0.2) is 45.8 Å². The predicted octanol–water partition coefficient (Wildman–Crippen LogP) is 4.66. The van der Waals surface area contributed by atoms with Crippen LogP contribution in [0.5, 0.6) is 0 Å². The number of hydrogen-bond donors (Lipinski definition) is 3. The first-order valence-electron chi connectivity index (χ1n) is 11.4. The third-order valence-corrected chi connectivity index (χ3v) is 6.38. The summed E-state index contributed by atoms with van der Waals surface area (Å²) in [5, 5.41) is 8.44. The van der Waals surface area contributed by atoms with Gasteiger partial charge < -0.3 is 20.9 Å². The number of nitrogens with one attached hydrogen (secondary N) is 3. The van der Waals surface area contributed by atoms with E-state index in [0.29, 0.717) is 31.1 Å². The minimum Gasteiger partial charge on any atom is -0.350 e. The third-order valence-electron chi connectivity index (χ3n) is 6.38. The van der Waals surface area contributed by atoms with Gasteiger partial charge in [0.25, 0.3) is 0 Å². The summed E-state index contributed by atoms with van der Waals surface area (Å²) in [6.07, 6.45) is 0.935. The molecule has 2 aliphatic rings. The fraction of sp³-hybridized carbons (Fsp3) is 0.417. The smallest absolute Gasteiger partial charge is 0.350 e. The highest BCUT2D eigenvalue weighted by Gasteiger charge is 2.36. The largest absolute Gasteiger partial charge is 0.421 e. The summed E-state index contributed by atoms with van der Waals surface area (Å²) in [7, 11) is 0. The van der Waals surface area contributed by atoms with Gasteiger partial charge in [-0.25, -0.2) is 4.98 Å². The van der Waals surface area contributed by atoms with Crippen LogP contribution in [0.15, 0.2) is 37.1 Å². The second-order valence-electron chi connectivity index (χ2n) is 8.80. The van der Waals surface area contributed by atoms with Crippen molar-refractivity contribution in [1.82, 2.24) is 14.9 Å². The lowest BCUT2D eigenvalue weighted by Gasteiger charge is -2.27. The molecule has 2 fully saturated rings. The van der Waals surface area contributed by atoms with E-state index >= 15 is 0 Å². The highest BCUT2D eigenvalue weighted by atomic mass is 19.4. The Kier molecular flexibility index (Phi) is 6.95. The lowest BCUT2D eigenvalue weighted by molar-refractivity contribution is -0.137. The van der Waals surface area contributed by atoms with Crippen molar-refractivity contribution in [3.63, 3.8) is 0 Å². The molecule has 1 aromatic carbocycles. The molecule has 1 atom stereocenters. The molecule has 2 amide bonds. The van der Waals surface area contributed by atoms with Gasteiger partial charge in [-0.1, -0.05) is 19.1 Å². The number of hydrogen-bond acceptors (Lipinski definition) is 6. The number of halogens is 3. The molecule has 0 bridgehead atoms. The maximum absolute atomic E-state index is 13.7. The maximum atomic E-state index is 13.7. The lowest BCUT2D eigenvalue weighted by atomic mass is 9.80. The van der Waals surface area contributed by atoms with Crippen LogP contribution in [0.3, 0.4) is 0 Å². The van der Waals surface area contributed by atoms with Gasteiger partial charge in [-0.15, -0.1) is 0 Å². The van der Waals surface area contributed by atoms with Crippen molar-refractivity contribution in [3.05, 3.63) is 48.2 Å². The predicted molar refractivity (Wildman–Crippen MR) is 126 cm³/mol. The summed E-state index contributed by atoms with van der Waals surface area (Å²) in [6, 6.07) is 5.09. The van der Waals surface area contributed by atoms with E-state index in [4.69, 9.17) is 0 Å². The number of anilines is 4. The molecule has 3 N–H and O–H groups in total. The summed E-state index contributed by atoms with van der Waals surface area (Å²) < 4.78 is 41.2. The van der Waals surface area contributed by atoms with Gasteiger partial charge in [0.15, 0.2) is 0 Å². The molecule has 1 aliphatic heterocycles.